The van der Waals surface area contributed by atoms with Crippen LogP contribution in [-0.2, 0) is 19.1 Å². The van der Waals surface area contributed by atoms with E-state index < -0.39 is 12.1 Å². The summed E-state index contributed by atoms with van der Waals surface area (Å²) in [5.74, 6) is -0.762. The molecular weight excluding hydrogens is 693 g/mol. The van der Waals surface area contributed by atoms with Crippen LogP contribution >= 0.6 is 0 Å². The molecule has 0 rings (SSSR count). The van der Waals surface area contributed by atoms with Gasteiger partial charge in [0.2, 0.25) is 0 Å². The molecule has 0 aromatic heterocycles. The molecule has 0 heterocycles. The van der Waals surface area contributed by atoms with Gasteiger partial charge in [0.15, 0.2) is 6.10 Å². The molecule has 0 saturated heterocycles. The van der Waals surface area contributed by atoms with Crippen molar-refractivity contribution < 1.29 is 24.2 Å². The number of carbonyl (C=O) groups is 2. The molecule has 0 aliphatic carbocycles. The number of aliphatic hydroxyl groups excluding tert-OH is 1. The van der Waals surface area contributed by atoms with Crippen molar-refractivity contribution in [3.8, 4) is 0 Å². The summed E-state index contributed by atoms with van der Waals surface area (Å²) in [6, 6.07) is 0. The molecule has 0 saturated carbocycles. The average molecular weight is 771 g/mol. The fourth-order valence-corrected chi connectivity index (χ4v) is 5.28. The Morgan fingerprint density at radius 1 is 0.429 bits per heavy atom. The van der Waals surface area contributed by atoms with Crippen LogP contribution < -0.4 is 0 Å². The molecule has 0 spiro atoms. The van der Waals surface area contributed by atoms with E-state index in [1.54, 1.807) is 6.08 Å². The van der Waals surface area contributed by atoms with Crippen LogP contribution in [0.25, 0.3) is 0 Å². The van der Waals surface area contributed by atoms with Crippen LogP contribution in [0.3, 0.4) is 0 Å². The Balaban J connectivity index is 3.70. The van der Waals surface area contributed by atoms with Gasteiger partial charge in [-0.15, -0.1) is 0 Å². The van der Waals surface area contributed by atoms with Crippen molar-refractivity contribution in [2.24, 2.45) is 0 Å². The molecule has 0 aliphatic rings. The molecule has 0 aromatic carbocycles. The third kappa shape index (κ3) is 42.8. The number of aliphatic hydroxyl groups is 1. The molecule has 1 N–H and O–H groups in total. The molecule has 0 bridgehead atoms. The maximum Gasteiger partial charge on any atom is 0.309 e. The molecule has 1 unspecified atom stereocenters. The Bertz CT molecular complexity index is 1240. The van der Waals surface area contributed by atoms with Gasteiger partial charge < -0.3 is 14.6 Å². The molecule has 1 atom stereocenters. The van der Waals surface area contributed by atoms with Gasteiger partial charge in [-0.3, -0.25) is 9.59 Å². The van der Waals surface area contributed by atoms with E-state index in [-0.39, 0.29) is 25.6 Å². The van der Waals surface area contributed by atoms with Crippen LogP contribution in [0.1, 0.15) is 155 Å². The zero-order chi connectivity index (χ0) is 40.7. The Kier molecular flexibility index (Phi) is 42.2. The number of hydrogen-bond acceptors (Lipinski definition) is 5. The summed E-state index contributed by atoms with van der Waals surface area (Å²) in [4.78, 5) is 24.3. The summed E-state index contributed by atoms with van der Waals surface area (Å²) < 4.78 is 10.5. The highest BCUT2D eigenvalue weighted by molar-refractivity contribution is 5.71. The lowest BCUT2D eigenvalue weighted by Gasteiger charge is -2.15. The Morgan fingerprint density at radius 2 is 0.768 bits per heavy atom. The van der Waals surface area contributed by atoms with Crippen LogP contribution in [0.15, 0.2) is 134 Å². The van der Waals surface area contributed by atoms with Gasteiger partial charge in [-0.2, -0.15) is 0 Å². The highest BCUT2D eigenvalue weighted by Crippen LogP contribution is 2.12. The zero-order valence-electron chi connectivity index (χ0n) is 35.3. The second kappa shape index (κ2) is 45.4. The normalized spacial score (nSPS) is 13.6. The van der Waals surface area contributed by atoms with E-state index in [9.17, 15) is 14.7 Å². The van der Waals surface area contributed by atoms with E-state index in [0.29, 0.717) is 6.42 Å². The monoisotopic (exact) mass is 771 g/mol. The summed E-state index contributed by atoms with van der Waals surface area (Å²) in [6.07, 6.45) is 68.3. The van der Waals surface area contributed by atoms with Crippen molar-refractivity contribution >= 4 is 11.9 Å². The van der Waals surface area contributed by atoms with E-state index in [0.717, 1.165) is 96.3 Å². The molecule has 312 valence electrons. The topological polar surface area (TPSA) is 72.8 Å². The van der Waals surface area contributed by atoms with E-state index >= 15 is 0 Å². The summed E-state index contributed by atoms with van der Waals surface area (Å²) in [5, 5.41) is 9.57. The SMILES string of the molecule is CC/C=C\C/C=C\C/C=C\C/C=C\C/C=C\C/C=C\CCCCCCCCCCC(=O)OC(CO)COC(=O)C/C=C\C/C=C\C/C=C\C/C=C\C/C=C\CC. The molecule has 0 amide bonds. The standard InChI is InChI=1S/C51H78O5/c1-3-5-7-9-11-13-15-17-19-20-21-22-23-24-25-26-27-28-29-30-32-34-36-38-40-42-44-46-51(54)56-49(47-52)48-55-50(53)45-43-41-39-37-35-33-31-18-16-14-12-10-8-6-4-2/h5-8,11-14,17-19,21-22,24-25,27-28,31,35,37,41,43,49,52H,3-4,9-10,15-16,20,23,26,29-30,32-34,36,38-40,42,44-48H2,1-2H3/b7-5-,8-6-,13-11-,14-12-,19-17-,22-21-,25-24-,28-27-,31-18-,37-35-,43-41-. The number of rotatable bonds is 37. The average Bonchev–Trinajstić information content (AvgIpc) is 3.20. The highest BCUT2D eigenvalue weighted by atomic mass is 16.6. The van der Waals surface area contributed by atoms with Gasteiger partial charge in [0.25, 0.3) is 0 Å². The number of hydrogen-bond donors (Lipinski definition) is 1. The quantitative estimate of drug-likeness (QED) is 0.0387. The van der Waals surface area contributed by atoms with Crippen LogP contribution in [0, 0.1) is 0 Å². The second-order valence-corrected chi connectivity index (χ2v) is 13.7. The first kappa shape index (κ1) is 52.0. The summed E-state index contributed by atoms with van der Waals surface area (Å²) in [6.45, 7) is 3.79. The minimum absolute atomic E-state index is 0.133. The van der Waals surface area contributed by atoms with Crippen molar-refractivity contribution in [3.05, 3.63) is 134 Å². The first-order valence-corrected chi connectivity index (χ1v) is 21.7. The van der Waals surface area contributed by atoms with Gasteiger partial charge in [-0.1, -0.05) is 186 Å². The van der Waals surface area contributed by atoms with Crippen molar-refractivity contribution in [2.45, 2.75) is 161 Å². The van der Waals surface area contributed by atoms with Crippen molar-refractivity contribution in [1.82, 2.24) is 0 Å². The molecule has 5 nitrogen and oxygen atoms in total. The van der Waals surface area contributed by atoms with E-state index in [1.165, 1.54) is 32.1 Å². The van der Waals surface area contributed by atoms with Gasteiger partial charge >= 0.3 is 11.9 Å². The highest BCUT2D eigenvalue weighted by Gasteiger charge is 2.15. The molecule has 0 aliphatic heterocycles. The van der Waals surface area contributed by atoms with Crippen LogP contribution in [0.2, 0.25) is 0 Å². The lowest BCUT2D eigenvalue weighted by molar-refractivity contribution is -0.161. The van der Waals surface area contributed by atoms with Gasteiger partial charge in [-0.05, 0) is 89.9 Å². The maximum absolute atomic E-state index is 12.2. The number of unbranched alkanes of at least 4 members (excludes halogenated alkanes) is 8. The second-order valence-electron chi connectivity index (χ2n) is 13.7. The summed E-state index contributed by atoms with van der Waals surface area (Å²) in [7, 11) is 0. The van der Waals surface area contributed by atoms with E-state index in [2.05, 4.69) is 135 Å². The number of ether oxygens (including phenoxy) is 2. The minimum Gasteiger partial charge on any atom is -0.461 e. The fraction of sp³-hybridized carbons (Fsp3) is 0.529. The third-order valence-electron chi connectivity index (χ3n) is 8.47. The summed E-state index contributed by atoms with van der Waals surface area (Å²) in [5.41, 5.74) is 0. The molecule has 5 heteroatoms. The predicted octanol–water partition coefficient (Wildman–Crippen LogP) is 14.2. The zero-order valence-corrected chi connectivity index (χ0v) is 35.3. The summed E-state index contributed by atoms with van der Waals surface area (Å²) >= 11 is 0. The smallest absolute Gasteiger partial charge is 0.309 e. The van der Waals surface area contributed by atoms with Gasteiger partial charge in [0.1, 0.15) is 6.61 Å². The number of carbonyl (C=O) groups excluding carboxylic acids is 2. The number of allylic oxidation sites excluding steroid dienone is 21. The molecule has 0 aromatic rings. The molecule has 0 fully saturated rings. The fourth-order valence-electron chi connectivity index (χ4n) is 5.28. The Morgan fingerprint density at radius 3 is 1.16 bits per heavy atom. The lowest BCUT2D eigenvalue weighted by Crippen LogP contribution is -2.28. The van der Waals surface area contributed by atoms with Crippen molar-refractivity contribution in [2.75, 3.05) is 13.2 Å². The first-order chi connectivity index (χ1) is 27.6. The Labute approximate surface area is 343 Å². The van der Waals surface area contributed by atoms with E-state index in [1.807, 2.05) is 6.08 Å². The van der Waals surface area contributed by atoms with Crippen LogP contribution in [0.4, 0.5) is 0 Å². The predicted molar refractivity (Wildman–Crippen MR) is 241 cm³/mol. The lowest BCUT2D eigenvalue weighted by atomic mass is 10.1. The first-order valence-electron chi connectivity index (χ1n) is 21.7. The van der Waals surface area contributed by atoms with Crippen LogP contribution in [0.5, 0.6) is 0 Å². The molecular formula is C51H78O5. The molecule has 0 radical (unpaired) electrons. The van der Waals surface area contributed by atoms with E-state index in [4.69, 9.17) is 9.47 Å². The largest absolute Gasteiger partial charge is 0.461 e. The minimum atomic E-state index is -0.826. The van der Waals surface area contributed by atoms with Gasteiger partial charge in [0.05, 0.1) is 13.0 Å². The number of esters is 2. The molecule has 56 heavy (non-hydrogen) atoms. The van der Waals surface area contributed by atoms with Gasteiger partial charge in [0, 0.05) is 6.42 Å². The van der Waals surface area contributed by atoms with Crippen molar-refractivity contribution in [1.29, 1.82) is 0 Å². The van der Waals surface area contributed by atoms with Crippen molar-refractivity contribution in [3.63, 3.8) is 0 Å². The van der Waals surface area contributed by atoms with Gasteiger partial charge in [-0.25, -0.2) is 0 Å². The maximum atomic E-state index is 12.2. The Hall–Kier alpha value is -3.96. The third-order valence-corrected chi connectivity index (χ3v) is 8.47. The van der Waals surface area contributed by atoms with Crippen LogP contribution in [-0.4, -0.2) is 36.4 Å².